The van der Waals surface area contributed by atoms with E-state index in [0.717, 1.165) is 18.7 Å². The van der Waals surface area contributed by atoms with Crippen molar-refractivity contribution in [3.05, 3.63) is 42.1 Å². The summed E-state index contributed by atoms with van der Waals surface area (Å²) in [6.07, 6.45) is 1.52. The summed E-state index contributed by atoms with van der Waals surface area (Å²) >= 11 is 0. The molecule has 2 atom stereocenters. The lowest BCUT2D eigenvalue weighted by Gasteiger charge is -2.34. The van der Waals surface area contributed by atoms with Gasteiger partial charge in [0.25, 0.3) is 0 Å². The van der Waals surface area contributed by atoms with Crippen LogP contribution in [0.25, 0.3) is 11.3 Å². The van der Waals surface area contributed by atoms with E-state index in [0.29, 0.717) is 29.7 Å². The number of aromatic nitrogens is 1. The molecule has 1 saturated heterocycles. The molecular weight excluding hydrogens is 276 g/mol. The third-order valence-corrected chi connectivity index (χ3v) is 4.17. The van der Waals surface area contributed by atoms with Gasteiger partial charge in [-0.3, -0.25) is 4.79 Å². The summed E-state index contributed by atoms with van der Waals surface area (Å²) in [4.78, 5) is 14.4. The number of hydrogen-bond acceptors (Lipinski definition) is 3. The minimum atomic E-state index is 0.145. The minimum absolute atomic E-state index is 0.145. The molecule has 0 spiro atoms. The molecule has 4 heteroatoms. The molecule has 4 nitrogen and oxygen atoms in total. The second-order valence-corrected chi connectivity index (χ2v) is 6.47. The molecule has 2 unspecified atom stereocenters. The standard InChI is InChI=1S/C18H22N2O2/c1-13-8-14(2)12-20(11-13)18(21)10-16-9-17(22-19-16)15-6-4-3-5-7-15/h3-7,9,13-14H,8,10-12H2,1-2H3. The molecule has 0 bridgehead atoms. The van der Waals surface area contributed by atoms with Gasteiger partial charge in [0, 0.05) is 24.7 Å². The lowest BCUT2D eigenvalue weighted by Crippen LogP contribution is -2.43. The van der Waals surface area contributed by atoms with Crippen molar-refractivity contribution in [2.75, 3.05) is 13.1 Å². The third kappa shape index (κ3) is 3.38. The van der Waals surface area contributed by atoms with Crippen molar-refractivity contribution in [2.24, 2.45) is 11.8 Å². The summed E-state index contributed by atoms with van der Waals surface area (Å²) in [7, 11) is 0. The van der Waals surface area contributed by atoms with Gasteiger partial charge in [-0.1, -0.05) is 49.3 Å². The summed E-state index contributed by atoms with van der Waals surface area (Å²) in [6.45, 7) is 6.12. The zero-order chi connectivity index (χ0) is 15.5. The number of nitrogens with zero attached hydrogens (tertiary/aromatic N) is 2. The highest BCUT2D eigenvalue weighted by Crippen LogP contribution is 2.23. The Hall–Kier alpha value is -2.10. The average molecular weight is 298 g/mol. The van der Waals surface area contributed by atoms with Crippen LogP contribution in [0.1, 0.15) is 26.0 Å². The van der Waals surface area contributed by atoms with E-state index in [2.05, 4.69) is 19.0 Å². The van der Waals surface area contributed by atoms with Gasteiger partial charge in [0.15, 0.2) is 5.76 Å². The van der Waals surface area contributed by atoms with Crippen LogP contribution >= 0.6 is 0 Å². The van der Waals surface area contributed by atoms with Crippen molar-refractivity contribution >= 4 is 5.91 Å². The fourth-order valence-electron chi connectivity index (χ4n) is 3.27. The van der Waals surface area contributed by atoms with E-state index in [1.54, 1.807) is 0 Å². The number of rotatable bonds is 3. The largest absolute Gasteiger partial charge is 0.356 e. The lowest BCUT2D eigenvalue weighted by atomic mass is 9.91. The number of carbonyl (C=O) groups is 1. The summed E-state index contributed by atoms with van der Waals surface area (Å²) in [5, 5.41) is 4.04. The molecule has 1 aliphatic heterocycles. The molecule has 0 N–H and O–H groups in total. The van der Waals surface area contributed by atoms with Crippen molar-refractivity contribution in [1.29, 1.82) is 0 Å². The molecule has 22 heavy (non-hydrogen) atoms. The topological polar surface area (TPSA) is 46.3 Å². The Labute approximate surface area is 131 Å². The van der Waals surface area contributed by atoms with Crippen molar-refractivity contribution in [3.8, 4) is 11.3 Å². The monoisotopic (exact) mass is 298 g/mol. The van der Waals surface area contributed by atoms with E-state index in [1.165, 1.54) is 6.42 Å². The molecule has 2 heterocycles. The maximum Gasteiger partial charge on any atom is 0.228 e. The predicted octanol–water partition coefficient (Wildman–Crippen LogP) is 3.39. The van der Waals surface area contributed by atoms with Crippen LogP contribution in [0.3, 0.4) is 0 Å². The van der Waals surface area contributed by atoms with Gasteiger partial charge in [0.2, 0.25) is 5.91 Å². The van der Waals surface area contributed by atoms with E-state index >= 15 is 0 Å². The van der Waals surface area contributed by atoms with Crippen molar-refractivity contribution in [1.82, 2.24) is 10.1 Å². The average Bonchev–Trinajstić information content (AvgIpc) is 2.95. The molecule has 1 aromatic heterocycles. The molecule has 3 rings (SSSR count). The molecule has 0 saturated carbocycles. The Morgan fingerprint density at radius 2 is 1.91 bits per heavy atom. The Morgan fingerprint density at radius 3 is 2.59 bits per heavy atom. The van der Waals surface area contributed by atoms with Crippen LogP contribution in [0, 0.1) is 11.8 Å². The van der Waals surface area contributed by atoms with E-state index in [-0.39, 0.29) is 5.91 Å². The highest BCUT2D eigenvalue weighted by atomic mass is 16.5. The molecule has 1 aromatic carbocycles. The van der Waals surface area contributed by atoms with Crippen LogP contribution in [0.4, 0.5) is 0 Å². The third-order valence-electron chi connectivity index (χ3n) is 4.17. The first-order chi connectivity index (χ1) is 10.6. The lowest BCUT2D eigenvalue weighted by molar-refractivity contribution is -0.133. The summed E-state index contributed by atoms with van der Waals surface area (Å²) in [6, 6.07) is 11.7. The fourth-order valence-corrected chi connectivity index (χ4v) is 3.27. The van der Waals surface area contributed by atoms with Gasteiger partial charge in [-0.25, -0.2) is 0 Å². The molecule has 1 fully saturated rings. The molecular formula is C18H22N2O2. The molecule has 0 aliphatic carbocycles. The number of benzene rings is 1. The second-order valence-electron chi connectivity index (χ2n) is 6.47. The van der Waals surface area contributed by atoms with Crippen molar-refractivity contribution in [3.63, 3.8) is 0 Å². The summed E-state index contributed by atoms with van der Waals surface area (Å²) in [5.41, 5.74) is 1.68. The number of carbonyl (C=O) groups excluding carboxylic acids is 1. The Balaban J connectivity index is 1.66. The normalized spacial score (nSPS) is 21.8. The van der Waals surface area contributed by atoms with E-state index in [1.807, 2.05) is 41.3 Å². The maximum absolute atomic E-state index is 12.4. The van der Waals surface area contributed by atoms with Gasteiger partial charge in [-0.15, -0.1) is 0 Å². The first-order valence-electron chi connectivity index (χ1n) is 7.90. The maximum atomic E-state index is 12.4. The van der Waals surface area contributed by atoms with Gasteiger partial charge < -0.3 is 9.42 Å². The quantitative estimate of drug-likeness (QED) is 0.872. The molecule has 1 amide bonds. The van der Waals surface area contributed by atoms with Gasteiger partial charge in [-0.05, 0) is 18.3 Å². The van der Waals surface area contributed by atoms with Crippen LogP contribution in [0.2, 0.25) is 0 Å². The van der Waals surface area contributed by atoms with Crippen LogP contribution in [0.15, 0.2) is 40.9 Å². The van der Waals surface area contributed by atoms with Crippen LogP contribution in [-0.2, 0) is 11.2 Å². The highest BCUT2D eigenvalue weighted by molar-refractivity contribution is 5.78. The number of amides is 1. The van der Waals surface area contributed by atoms with Crippen LogP contribution in [-0.4, -0.2) is 29.1 Å². The highest BCUT2D eigenvalue weighted by Gasteiger charge is 2.25. The number of piperidine rings is 1. The van der Waals surface area contributed by atoms with Crippen molar-refractivity contribution < 1.29 is 9.32 Å². The zero-order valence-electron chi connectivity index (χ0n) is 13.2. The number of likely N-dealkylation sites (tertiary alicyclic amines) is 1. The predicted molar refractivity (Wildman–Crippen MR) is 85.2 cm³/mol. The Bertz CT molecular complexity index is 626. The molecule has 2 aromatic rings. The molecule has 116 valence electrons. The fraction of sp³-hybridized carbons (Fsp3) is 0.444. The SMILES string of the molecule is CC1CC(C)CN(C(=O)Cc2cc(-c3ccccc3)on2)C1. The van der Waals surface area contributed by atoms with Gasteiger partial charge >= 0.3 is 0 Å². The van der Waals surface area contributed by atoms with E-state index in [9.17, 15) is 4.79 Å². The molecule has 1 aliphatic rings. The molecule has 0 radical (unpaired) electrons. The minimum Gasteiger partial charge on any atom is -0.356 e. The van der Waals surface area contributed by atoms with Gasteiger partial charge in [0.05, 0.1) is 12.1 Å². The first kappa shape index (κ1) is 14.8. The smallest absolute Gasteiger partial charge is 0.228 e. The van der Waals surface area contributed by atoms with Crippen LogP contribution in [0.5, 0.6) is 0 Å². The summed E-state index contributed by atoms with van der Waals surface area (Å²) < 4.78 is 5.36. The number of hydrogen-bond donors (Lipinski definition) is 0. The van der Waals surface area contributed by atoms with Gasteiger partial charge in [0.1, 0.15) is 0 Å². The van der Waals surface area contributed by atoms with Gasteiger partial charge in [-0.2, -0.15) is 0 Å². The van der Waals surface area contributed by atoms with Crippen molar-refractivity contribution in [2.45, 2.75) is 26.7 Å². The Morgan fingerprint density at radius 1 is 1.23 bits per heavy atom. The van der Waals surface area contributed by atoms with E-state index < -0.39 is 0 Å². The van der Waals surface area contributed by atoms with E-state index in [4.69, 9.17) is 4.52 Å². The summed E-state index contributed by atoms with van der Waals surface area (Å²) in [5.74, 6) is 2.00. The Kier molecular flexibility index (Phi) is 4.27. The zero-order valence-corrected chi connectivity index (χ0v) is 13.2. The first-order valence-corrected chi connectivity index (χ1v) is 7.90. The van der Waals surface area contributed by atoms with Crippen LogP contribution < -0.4 is 0 Å². The second kappa shape index (κ2) is 6.34.